The highest BCUT2D eigenvalue weighted by molar-refractivity contribution is 6.31. The maximum atomic E-state index is 13.9. The van der Waals surface area contributed by atoms with Gasteiger partial charge in [0.05, 0.1) is 16.3 Å². The van der Waals surface area contributed by atoms with Gasteiger partial charge in [-0.15, -0.1) is 0 Å². The lowest BCUT2D eigenvalue weighted by Gasteiger charge is -2.44. The number of hydrogen-bond acceptors (Lipinski definition) is 4. The van der Waals surface area contributed by atoms with Crippen LogP contribution in [0, 0.1) is 22.6 Å². The number of amides is 1. The molecule has 1 N–H and O–H groups in total. The minimum atomic E-state index is -0.964. The molecule has 9 heteroatoms. The number of carbonyl (C=O) groups is 1. The van der Waals surface area contributed by atoms with Gasteiger partial charge in [0.25, 0.3) is 5.56 Å². The highest BCUT2D eigenvalue weighted by atomic mass is 35.5. The van der Waals surface area contributed by atoms with E-state index in [1.165, 1.54) is 33.9 Å². The van der Waals surface area contributed by atoms with E-state index in [2.05, 4.69) is 0 Å². The molecule has 2 atom stereocenters. The van der Waals surface area contributed by atoms with Crippen molar-refractivity contribution in [2.24, 2.45) is 5.41 Å². The third kappa shape index (κ3) is 4.83. The van der Waals surface area contributed by atoms with Crippen LogP contribution in [-0.4, -0.2) is 39.4 Å². The monoisotopic (exact) mass is 447 g/mol. The molecule has 2 aromatic rings. The first-order valence-electron chi connectivity index (χ1n) is 9.79. The van der Waals surface area contributed by atoms with Gasteiger partial charge in [0.1, 0.15) is 23.7 Å². The Morgan fingerprint density at radius 1 is 1.35 bits per heavy atom. The minimum Gasteiger partial charge on any atom is -0.488 e. The van der Waals surface area contributed by atoms with E-state index < -0.39 is 17.5 Å². The largest absolute Gasteiger partial charge is 0.488 e. The van der Waals surface area contributed by atoms with Gasteiger partial charge < -0.3 is 14.7 Å². The van der Waals surface area contributed by atoms with E-state index in [0.717, 1.165) is 6.07 Å². The second-order valence-electron chi connectivity index (χ2n) is 8.59. The molecule has 0 radical (unpaired) electrons. The van der Waals surface area contributed by atoms with Gasteiger partial charge in [0.15, 0.2) is 0 Å². The van der Waals surface area contributed by atoms with Crippen molar-refractivity contribution >= 4 is 17.7 Å². The molecule has 3 rings (SSSR count). The number of benzene rings is 1. The Bertz CT molecular complexity index is 1100. The standard InChI is InChI=1S/C22H23ClFN3O4/c1-22(2,3)19-9-15(6-7-26(19)21(29)30)31-18-10-20(28)27(12-16(18)23)14-5-4-13(11-25)17(24)8-14/h4-5,8,10,12,15,19H,6-7,9H2,1-3H3,(H,29,30). The summed E-state index contributed by atoms with van der Waals surface area (Å²) in [6.45, 7) is 6.24. The van der Waals surface area contributed by atoms with Crippen molar-refractivity contribution in [2.45, 2.75) is 45.8 Å². The van der Waals surface area contributed by atoms with E-state index in [0.29, 0.717) is 19.4 Å². The van der Waals surface area contributed by atoms with Crippen LogP contribution in [0.4, 0.5) is 9.18 Å². The van der Waals surface area contributed by atoms with Crippen molar-refractivity contribution in [1.82, 2.24) is 9.47 Å². The first-order chi connectivity index (χ1) is 14.5. The van der Waals surface area contributed by atoms with Crippen molar-refractivity contribution < 1.29 is 19.0 Å². The van der Waals surface area contributed by atoms with Crippen LogP contribution in [0.5, 0.6) is 5.75 Å². The second-order valence-corrected chi connectivity index (χ2v) is 9.00. The van der Waals surface area contributed by atoms with Crippen LogP contribution in [-0.2, 0) is 0 Å². The lowest BCUT2D eigenvalue weighted by Crippen LogP contribution is -2.53. The van der Waals surface area contributed by atoms with Gasteiger partial charge in [-0.2, -0.15) is 5.26 Å². The Balaban J connectivity index is 1.84. The summed E-state index contributed by atoms with van der Waals surface area (Å²) in [5, 5.41) is 18.5. The SMILES string of the molecule is CC(C)(C)C1CC(Oc2cc(=O)n(-c3ccc(C#N)c(F)c3)cc2Cl)CCN1C(=O)O. The Labute approximate surface area is 184 Å². The molecule has 0 aliphatic carbocycles. The molecule has 1 aromatic carbocycles. The third-order valence-electron chi connectivity index (χ3n) is 5.41. The summed E-state index contributed by atoms with van der Waals surface area (Å²) in [5.41, 5.74) is -0.645. The summed E-state index contributed by atoms with van der Waals surface area (Å²) in [4.78, 5) is 25.6. The maximum Gasteiger partial charge on any atom is 0.407 e. The highest BCUT2D eigenvalue weighted by Crippen LogP contribution is 2.34. The third-order valence-corrected chi connectivity index (χ3v) is 5.70. The topological polar surface area (TPSA) is 95.6 Å². The normalized spacial score (nSPS) is 19.0. The molecule has 0 spiro atoms. The zero-order valence-corrected chi connectivity index (χ0v) is 18.2. The van der Waals surface area contributed by atoms with E-state index in [1.54, 1.807) is 6.07 Å². The van der Waals surface area contributed by atoms with Crippen LogP contribution in [0.25, 0.3) is 5.69 Å². The quantitative estimate of drug-likeness (QED) is 0.750. The molecule has 1 saturated heterocycles. The van der Waals surface area contributed by atoms with Gasteiger partial charge in [-0.1, -0.05) is 32.4 Å². The molecule has 31 heavy (non-hydrogen) atoms. The van der Waals surface area contributed by atoms with E-state index in [9.17, 15) is 19.1 Å². The summed E-state index contributed by atoms with van der Waals surface area (Å²) in [5.74, 6) is -0.541. The van der Waals surface area contributed by atoms with Crippen LogP contribution >= 0.6 is 11.6 Å². The number of hydrogen-bond donors (Lipinski definition) is 1. The predicted octanol–water partition coefficient (Wildman–Crippen LogP) is 4.44. The van der Waals surface area contributed by atoms with E-state index >= 15 is 0 Å². The first-order valence-corrected chi connectivity index (χ1v) is 10.2. The van der Waals surface area contributed by atoms with Crippen molar-refractivity contribution in [1.29, 1.82) is 5.26 Å². The van der Waals surface area contributed by atoms with Gasteiger partial charge in [-0.3, -0.25) is 9.36 Å². The van der Waals surface area contributed by atoms with E-state index in [1.807, 2.05) is 20.8 Å². The molecule has 0 bridgehead atoms. The number of ether oxygens (including phenoxy) is 1. The molecule has 1 aliphatic heterocycles. The number of aromatic nitrogens is 1. The van der Waals surface area contributed by atoms with Gasteiger partial charge >= 0.3 is 6.09 Å². The molecule has 164 valence electrons. The van der Waals surface area contributed by atoms with Crippen molar-refractivity contribution in [3.63, 3.8) is 0 Å². The van der Waals surface area contributed by atoms with E-state index in [4.69, 9.17) is 21.6 Å². The number of carboxylic acid groups (broad SMARTS) is 1. The highest BCUT2D eigenvalue weighted by Gasteiger charge is 2.39. The molecule has 2 unspecified atom stereocenters. The fraction of sp³-hybridized carbons (Fsp3) is 0.409. The minimum absolute atomic E-state index is 0.121. The summed E-state index contributed by atoms with van der Waals surface area (Å²) in [6, 6.07) is 6.55. The smallest absolute Gasteiger partial charge is 0.407 e. The predicted molar refractivity (Wildman–Crippen MR) is 113 cm³/mol. The molecule has 1 amide bonds. The number of halogens is 2. The molecule has 7 nitrogen and oxygen atoms in total. The molecule has 1 aromatic heterocycles. The van der Waals surface area contributed by atoms with Crippen LogP contribution < -0.4 is 10.3 Å². The molecule has 0 saturated carbocycles. The molecular weight excluding hydrogens is 425 g/mol. The lowest BCUT2D eigenvalue weighted by atomic mass is 9.80. The Morgan fingerprint density at radius 2 is 2.06 bits per heavy atom. The summed E-state index contributed by atoms with van der Waals surface area (Å²) in [6.07, 6.45) is 1.01. The number of pyridine rings is 1. The van der Waals surface area contributed by atoms with E-state index in [-0.39, 0.29) is 39.6 Å². The Morgan fingerprint density at radius 3 is 2.65 bits per heavy atom. The number of nitrogens with zero attached hydrogens (tertiary/aromatic N) is 3. The average molecular weight is 448 g/mol. The molecule has 1 aliphatic rings. The van der Waals surface area contributed by atoms with Crippen molar-refractivity contribution in [2.75, 3.05) is 6.54 Å². The van der Waals surface area contributed by atoms with Crippen molar-refractivity contribution in [3.8, 4) is 17.5 Å². The van der Waals surface area contributed by atoms with Gasteiger partial charge in [-0.25, -0.2) is 9.18 Å². The summed E-state index contributed by atoms with van der Waals surface area (Å²) in [7, 11) is 0. The fourth-order valence-corrected chi connectivity index (χ4v) is 3.99. The zero-order valence-electron chi connectivity index (χ0n) is 17.4. The molecule has 1 fully saturated rings. The Hall–Kier alpha value is -3.05. The van der Waals surface area contributed by atoms with Gasteiger partial charge in [0, 0.05) is 37.7 Å². The number of likely N-dealkylation sites (tertiary alicyclic amines) is 1. The zero-order chi connectivity index (χ0) is 22.9. The number of piperidine rings is 1. The fourth-order valence-electron chi connectivity index (χ4n) is 3.80. The lowest BCUT2D eigenvalue weighted by molar-refractivity contribution is 0.0130. The van der Waals surface area contributed by atoms with Crippen LogP contribution in [0.15, 0.2) is 35.3 Å². The van der Waals surface area contributed by atoms with Crippen LogP contribution in [0.3, 0.4) is 0 Å². The van der Waals surface area contributed by atoms with Crippen molar-refractivity contribution in [3.05, 3.63) is 57.2 Å². The van der Waals surface area contributed by atoms with Gasteiger partial charge in [0.2, 0.25) is 0 Å². The first kappa shape index (κ1) is 22.6. The summed E-state index contributed by atoms with van der Waals surface area (Å²) >= 11 is 6.34. The summed E-state index contributed by atoms with van der Waals surface area (Å²) < 4.78 is 21.1. The average Bonchev–Trinajstić information content (AvgIpc) is 2.69. The molecule has 2 heterocycles. The van der Waals surface area contributed by atoms with Gasteiger partial charge in [-0.05, 0) is 23.6 Å². The second kappa shape index (κ2) is 8.60. The van der Waals surface area contributed by atoms with Crippen LogP contribution in [0.2, 0.25) is 5.02 Å². The van der Waals surface area contributed by atoms with Crippen LogP contribution in [0.1, 0.15) is 39.2 Å². The maximum absolute atomic E-state index is 13.9. The molecular formula is C22H23ClFN3O4. The number of rotatable bonds is 3. The number of nitriles is 1. The Kier molecular flexibility index (Phi) is 6.27.